The summed E-state index contributed by atoms with van der Waals surface area (Å²) in [4.78, 5) is 19.3. The molecule has 0 bridgehead atoms. The fourth-order valence-electron chi connectivity index (χ4n) is 3.82. The largest absolute Gasteiger partial charge is 0.465 e. The van der Waals surface area contributed by atoms with E-state index in [1.54, 1.807) is 6.20 Å². The molecule has 1 spiro atoms. The van der Waals surface area contributed by atoms with Gasteiger partial charge in [0.1, 0.15) is 6.73 Å². The van der Waals surface area contributed by atoms with E-state index in [1.165, 1.54) is 10.5 Å². The van der Waals surface area contributed by atoms with Crippen molar-refractivity contribution in [1.82, 2.24) is 14.8 Å². The third kappa shape index (κ3) is 3.95. The molecule has 1 saturated heterocycles. The van der Waals surface area contributed by atoms with Crippen molar-refractivity contribution in [2.75, 3.05) is 19.8 Å². The first-order chi connectivity index (χ1) is 13.1. The summed E-state index contributed by atoms with van der Waals surface area (Å²) in [5.74, 6) is 0. The van der Waals surface area contributed by atoms with Gasteiger partial charge in [-0.25, -0.2) is 4.79 Å². The molecule has 1 atom stereocenters. The lowest BCUT2D eigenvalue weighted by Crippen LogP contribution is -2.54. The molecular formula is C21H23N3O3. The van der Waals surface area contributed by atoms with E-state index >= 15 is 0 Å². The minimum absolute atomic E-state index is 0.115. The van der Waals surface area contributed by atoms with Crippen molar-refractivity contribution in [2.45, 2.75) is 25.0 Å². The van der Waals surface area contributed by atoms with Crippen molar-refractivity contribution in [3.05, 3.63) is 72.2 Å². The summed E-state index contributed by atoms with van der Waals surface area (Å²) in [7, 11) is 0. The molecule has 1 unspecified atom stereocenters. The highest BCUT2D eigenvalue weighted by Crippen LogP contribution is 2.37. The summed E-state index contributed by atoms with van der Waals surface area (Å²) < 4.78 is 6.13. The lowest BCUT2D eigenvalue weighted by atomic mass is 9.85. The Labute approximate surface area is 158 Å². The fourth-order valence-corrected chi connectivity index (χ4v) is 3.82. The van der Waals surface area contributed by atoms with Crippen molar-refractivity contribution in [3.8, 4) is 0 Å². The number of aromatic nitrogens is 1. The Morgan fingerprint density at radius 2 is 2.00 bits per heavy atom. The number of benzene rings is 1. The van der Waals surface area contributed by atoms with Gasteiger partial charge in [-0.2, -0.15) is 0 Å². The molecule has 3 heterocycles. The molecule has 1 aromatic carbocycles. The molecule has 2 aliphatic rings. The summed E-state index contributed by atoms with van der Waals surface area (Å²) in [6, 6.07) is 16.2. The number of nitrogens with zero attached hydrogens (tertiary/aromatic N) is 3. The SMILES string of the molecule is O=C(O)N1CCC2(CC(c3ccccn3)=CN(Cc3ccccc3)C2)OC1. The molecule has 0 aliphatic carbocycles. The average molecular weight is 365 g/mol. The number of amides is 1. The van der Waals surface area contributed by atoms with E-state index in [4.69, 9.17) is 4.74 Å². The lowest BCUT2D eigenvalue weighted by Gasteiger charge is -2.46. The summed E-state index contributed by atoms with van der Waals surface area (Å²) >= 11 is 0. The number of rotatable bonds is 3. The van der Waals surface area contributed by atoms with Crippen LogP contribution < -0.4 is 0 Å². The first-order valence-corrected chi connectivity index (χ1v) is 9.15. The van der Waals surface area contributed by atoms with Gasteiger partial charge in [0, 0.05) is 38.5 Å². The molecule has 1 fully saturated rings. The standard InChI is InChI=1S/C21H23N3O3/c25-20(26)24-11-9-21(27-16-24)12-18(19-8-4-5-10-22-19)14-23(15-21)13-17-6-2-1-3-7-17/h1-8,10,14H,9,11-13,15-16H2,(H,25,26). The van der Waals surface area contributed by atoms with Crippen LogP contribution >= 0.6 is 0 Å². The molecule has 1 N–H and O–H groups in total. The Morgan fingerprint density at radius 1 is 1.19 bits per heavy atom. The number of pyridine rings is 1. The van der Waals surface area contributed by atoms with E-state index in [2.05, 4.69) is 28.2 Å². The Hall–Kier alpha value is -2.86. The van der Waals surface area contributed by atoms with Crippen LogP contribution in [-0.4, -0.2) is 51.4 Å². The molecule has 6 heteroatoms. The van der Waals surface area contributed by atoms with Crippen LogP contribution in [0.3, 0.4) is 0 Å². The molecule has 27 heavy (non-hydrogen) atoms. The van der Waals surface area contributed by atoms with E-state index in [-0.39, 0.29) is 12.3 Å². The third-order valence-electron chi connectivity index (χ3n) is 5.20. The van der Waals surface area contributed by atoms with Crippen LogP contribution in [0.1, 0.15) is 24.1 Å². The first kappa shape index (κ1) is 17.5. The summed E-state index contributed by atoms with van der Waals surface area (Å²) in [6.45, 7) is 2.13. The van der Waals surface area contributed by atoms with Crippen LogP contribution in [0.15, 0.2) is 60.9 Å². The summed E-state index contributed by atoms with van der Waals surface area (Å²) in [5.41, 5.74) is 2.91. The maximum absolute atomic E-state index is 11.2. The van der Waals surface area contributed by atoms with Crippen molar-refractivity contribution in [3.63, 3.8) is 0 Å². The van der Waals surface area contributed by atoms with Crippen molar-refractivity contribution in [1.29, 1.82) is 0 Å². The minimum atomic E-state index is -0.928. The second kappa shape index (κ2) is 7.40. The van der Waals surface area contributed by atoms with Crippen molar-refractivity contribution >= 4 is 11.7 Å². The topological polar surface area (TPSA) is 65.9 Å². The summed E-state index contributed by atoms with van der Waals surface area (Å²) in [6.07, 6.45) is 4.46. The number of hydrogen-bond acceptors (Lipinski definition) is 4. The third-order valence-corrected chi connectivity index (χ3v) is 5.20. The van der Waals surface area contributed by atoms with Crippen LogP contribution in [0.25, 0.3) is 5.57 Å². The second-order valence-electron chi connectivity index (χ2n) is 7.19. The van der Waals surface area contributed by atoms with Gasteiger partial charge in [0.25, 0.3) is 0 Å². The maximum Gasteiger partial charge on any atom is 0.409 e. The number of hydrogen-bond donors (Lipinski definition) is 1. The first-order valence-electron chi connectivity index (χ1n) is 9.15. The number of carboxylic acid groups (broad SMARTS) is 1. The van der Waals surface area contributed by atoms with Gasteiger partial charge >= 0.3 is 6.09 Å². The minimum Gasteiger partial charge on any atom is -0.465 e. The highest BCUT2D eigenvalue weighted by molar-refractivity contribution is 5.66. The Morgan fingerprint density at radius 3 is 2.67 bits per heavy atom. The molecule has 1 amide bonds. The Bertz CT molecular complexity index is 815. The predicted molar refractivity (Wildman–Crippen MR) is 102 cm³/mol. The molecule has 4 rings (SSSR count). The zero-order chi connectivity index (χ0) is 18.7. The van der Waals surface area contributed by atoms with Gasteiger partial charge in [-0.1, -0.05) is 36.4 Å². The normalized spacial score (nSPS) is 22.6. The van der Waals surface area contributed by atoms with Gasteiger partial charge in [0.15, 0.2) is 0 Å². The predicted octanol–water partition coefficient (Wildman–Crippen LogP) is 3.43. The molecule has 140 valence electrons. The van der Waals surface area contributed by atoms with E-state index in [0.717, 1.165) is 30.8 Å². The van der Waals surface area contributed by atoms with Crippen LogP contribution in [0.2, 0.25) is 0 Å². The van der Waals surface area contributed by atoms with E-state index in [1.807, 2.05) is 36.4 Å². The van der Waals surface area contributed by atoms with Crippen LogP contribution in [-0.2, 0) is 11.3 Å². The monoisotopic (exact) mass is 365 g/mol. The van der Waals surface area contributed by atoms with Gasteiger partial charge < -0.3 is 14.7 Å². The molecule has 1 aromatic heterocycles. The summed E-state index contributed by atoms with van der Waals surface area (Å²) in [5, 5.41) is 9.22. The van der Waals surface area contributed by atoms with Gasteiger partial charge in [0.05, 0.1) is 11.3 Å². The van der Waals surface area contributed by atoms with Crippen LogP contribution in [0.5, 0.6) is 0 Å². The molecule has 0 saturated carbocycles. The fraction of sp³-hybridized carbons (Fsp3) is 0.333. The maximum atomic E-state index is 11.2. The average Bonchev–Trinajstić information content (AvgIpc) is 2.69. The Kier molecular flexibility index (Phi) is 4.81. The number of ether oxygens (including phenoxy) is 1. The molecular weight excluding hydrogens is 342 g/mol. The highest BCUT2D eigenvalue weighted by Gasteiger charge is 2.41. The van der Waals surface area contributed by atoms with Gasteiger partial charge in [-0.15, -0.1) is 0 Å². The van der Waals surface area contributed by atoms with E-state index < -0.39 is 6.09 Å². The lowest BCUT2D eigenvalue weighted by molar-refractivity contribution is -0.136. The van der Waals surface area contributed by atoms with Crippen molar-refractivity contribution < 1.29 is 14.6 Å². The van der Waals surface area contributed by atoms with Crippen LogP contribution in [0.4, 0.5) is 4.79 Å². The molecule has 0 radical (unpaired) electrons. The van der Waals surface area contributed by atoms with E-state index in [9.17, 15) is 9.90 Å². The quantitative estimate of drug-likeness (QED) is 0.903. The van der Waals surface area contributed by atoms with E-state index in [0.29, 0.717) is 13.0 Å². The number of carbonyl (C=O) groups is 1. The van der Waals surface area contributed by atoms with Gasteiger partial charge in [0.2, 0.25) is 0 Å². The Balaban J connectivity index is 1.59. The van der Waals surface area contributed by atoms with Gasteiger partial charge in [-0.3, -0.25) is 9.88 Å². The highest BCUT2D eigenvalue weighted by atomic mass is 16.5. The van der Waals surface area contributed by atoms with Gasteiger partial charge in [-0.05, 0) is 29.7 Å². The molecule has 2 aliphatic heterocycles. The molecule has 2 aromatic rings. The second-order valence-corrected chi connectivity index (χ2v) is 7.19. The van der Waals surface area contributed by atoms with Crippen LogP contribution in [0, 0.1) is 0 Å². The van der Waals surface area contributed by atoms with Crippen molar-refractivity contribution in [2.24, 2.45) is 0 Å². The smallest absolute Gasteiger partial charge is 0.409 e. The zero-order valence-electron chi connectivity index (χ0n) is 15.1. The zero-order valence-corrected chi connectivity index (χ0v) is 15.1. The molecule has 6 nitrogen and oxygen atoms in total.